The van der Waals surface area contributed by atoms with E-state index in [0.717, 1.165) is 6.42 Å². The molecule has 1 amide bonds. The predicted octanol–water partition coefficient (Wildman–Crippen LogP) is 4.42. The van der Waals surface area contributed by atoms with Gasteiger partial charge in [-0.25, -0.2) is 14.6 Å². The van der Waals surface area contributed by atoms with Crippen molar-refractivity contribution in [3.8, 4) is 0 Å². The standard InChI is InChI=1S/C21H30N2O5S2/c1-14-18(9-5-8-16(24)12-15-6-3-2-4-7-15)23(21(27)28-14)10-11-29-20-22-17(13-30-20)19(25)26/h5,9,13-16,18,24H,2-4,6-8,10-12H2,1H3,(H,25,26)/b9-5+/t14-,16?,18-/m0/s1. The van der Waals surface area contributed by atoms with Crippen LogP contribution in [0.3, 0.4) is 0 Å². The van der Waals surface area contributed by atoms with E-state index in [1.54, 1.807) is 4.90 Å². The number of thioether (sulfide) groups is 1. The minimum atomic E-state index is -1.04. The highest BCUT2D eigenvalue weighted by molar-refractivity contribution is 8.01. The van der Waals surface area contributed by atoms with Crippen molar-refractivity contribution in [2.75, 3.05) is 12.3 Å². The van der Waals surface area contributed by atoms with E-state index in [9.17, 15) is 14.7 Å². The zero-order chi connectivity index (χ0) is 21.5. The summed E-state index contributed by atoms with van der Waals surface area (Å²) in [6.45, 7) is 2.36. The van der Waals surface area contributed by atoms with E-state index in [4.69, 9.17) is 9.84 Å². The zero-order valence-corrected chi connectivity index (χ0v) is 18.9. The van der Waals surface area contributed by atoms with Crippen molar-refractivity contribution in [3.05, 3.63) is 23.2 Å². The van der Waals surface area contributed by atoms with Gasteiger partial charge in [0, 0.05) is 17.7 Å². The third-order valence-corrected chi connectivity index (χ3v) is 7.69. The van der Waals surface area contributed by atoms with E-state index in [-0.39, 0.29) is 30.0 Å². The highest BCUT2D eigenvalue weighted by Gasteiger charge is 2.37. The van der Waals surface area contributed by atoms with Crippen molar-refractivity contribution in [1.29, 1.82) is 0 Å². The smallest absolute Gasteiger partial charge is 0.410 e. The van der Waals surface area contributed by atoms with Gasteiger partial charge in [0.2, 0.25) is 0 Å². The number of hydrogen-bond acceptors (Lipinski definition) is 7. The summed E-state index contributed by atoms with van der Waals surface area (Å²) in [5.41, 5.74) is 0.0456. The molecule has 1 unspecified atom stereocenters. The Hall–Kier alpha value is -1.58. The number of hydrogen-bond donors (Lipinski definition) is 2. The summed E-state index contributed by atoms with van der Waals surface area (Å²) in [5.74, 6) is 0.202. The van der Waals surface area contributed by atoms with Gasteiger partial charge in [-0.3, -0.25) is 4.90 Å². The fraction of sp³-hybridized carbons (Fsp3) is 0.667. The maximum Gasteiger partial charge on any atom is 0.410 e. The van der Waals surface area contributed by atoms with Crippen molar-refractivity contribution in [2.45, 2.75) is 74.5 Å². The molecule has 2 N–H and O–H groups in total. The van der Waals surface area contributed by atoms with Gasteiger partial charge in [0.05, 0.1) is 12.1 Å². The van der Waals surface area contributed by atoms with Gasteiger partial charge in [-0.2, -0.15) is 0 Å². The molecule has 0 radical (unpaired) electrons. The highest BCUT2D eigenvalue weighted by Crippen LogP contribution is 2.29. The Morgan fingerprint density at radius 3 is 2.90 bits per heavy atom. The van der Waals surface area contributed by atoms with Crippen LogP contribution in [0.4, 0.5) is 4.79 Å². The second kappa shape index (κ2) is 11.2. The maximum absolute atomic E-state index is 12.2. The lowest BCUT2D eigenvalue weighted by Crippen LogP contribution is -2.36. The summed E-state index contributed by atoms with van der Waals surface area (Å²) in [6.07, 6.45) is 10.8. The number of aromatic carboxylic acids is 1. The Balaban J connectivity index is 1.46. The second-order valence-corrected chi connectivity index (χ2v) is 10.2. The van der Waals surface area contributed by atoms with E-state index in [2.05, 4.69) is 4.98 Å². The van der Waals surface area contributed by atoms with Crippen LogP contribution in [0.15, 0.2) is 21.9 Å². The van der Waals surface area contributed by atoms with Crippen LogP contribution in [0, 0.1) is 5.92 Å². The number of carbonyl (C=O) groups excluding carboxylic acids is 1. The van der Waals surface area contributed by atoms with Gasteiger partial charge in [-0.15, -0.1) is 11.3 Å². The fourth-order valence-corrected chi connectivity index (χ4v) is 5.91. The first-order chi connectivity index (χ1) is 14.4. The van der Waals surface area contributed by atoms with Crippen LogP contribution in [0.25, 0.3) is 0 Å². The lowest BCUT2D eigenvalue weighted by atomic mass is 9.85. The largest absolute Gasteiger partial charge is 0.476 e. The average molecular weight is 455 g/mol. The summed E-state index contributed by atoms with van der Waals surface area (Å²) in [5, 5.41) is 20.8. The minimum Gasteiger partial charge on any atom is -0.476 e. The molecule has 3 rings (SSSR count). The third kappa shape index (κ3) is 6.46. The van der Waals surface area contributed by atoms with Crippen molar-refractivity contribution in [3.63, 3.8) is 0 Å². The Morgan fingerprint density at radius 1 is 1.43 bits per heavy atom. The average Bonchev–Trinajstić information content (AvgIpc) is 3.28. The number of nitrogens with zero attached hydrogens (tertiary/aromatic N) is 2. The summed E-state index contributed by atoms with van der Waals surface area (Å²) < 4.78 is 6.05. The summed E-state index contributed by atoms with van der Waals surface area (Å²) in [6, 6.07) is -0.161. The molecule has 1 saturated heterocycles. The van der Waals surface area contributed by atoms with Gasteiger partial charge in [0.15, 0.2) is 10.0 Å². The Bertz CT molecular complexity index is 748. The van der Waals surface area contributed by atoms with Crippen LogP contribution in [-0.4, -0.2) is 62.7 Å². The molecule has 2 heterocycles. The van der Waals surface area contributed by atoms with E-state index in [1.807, 2.05) is 19.1 Å². The van der Waals surface area contributed by atoms with Gasteiger partial charge in [0.25, 0.3) is 0 Å². The molecule has 1 saturated carbocycles. The highest BCUT2D eigenvalue weighted by atomic mass is 32.2. The minimum absolute atomic E-state index is 0.0456. The monoisotopic (exact) mass is 454 g/mol. The van der Waals surface area contributed by atoms with Crippen LogP contribution in [0.1, 0.15) is 62.4 Å². The second-order valence-electron chi connectivity index (χ2n) is 7.98. The molecule has 9 heteroatoms. The Kier molecular flexibility index (Phi) is 8.59. The molecule has 2 aliphatic rings. The Labute approximate surface area is 185 Å². The molecule has 1 aromatic heterocycles. The first-order valence-corrected chi connectivity index (χ1v) is 12.4. The van der Waals surface area contributed by atoms with Crippen molar-refractivity contribution < 1.29 is 24.5 Å². The number of ether oxygens (including phenoxy) is 1. The number of carboxylic acids is 1. The van der Waals surface area contributed by atoms with E-state index < -0.39 is 5.97 Å². The lowest BCUT2D eigenvalue weighted by Gasteiger charge is -2.23. The molecular weight excluding hydrogens is 424 g/mol. The Morgan fingerprint density at radius 2 is 2.20 bits per heavy atom. The number of aliphatic hydroxyl groups is 1. The molecular formula is C21H30N2O5S2. The van der Waals surface area contributed by atoms with Crippen molar-refractivity contribution in [2.24, 2.45) is 5.92 Å². The van der Waals surface area contributed by atoms with Crippen molar-refractivity contribution >= 4 is 35.2 Å². The number of aliphatic hydroxyl groups excluding tert-OH is 1. The normalized spacial score (nSPS) is 23.8. The van der Waals surface area contributed by atoms with Gasteiger partial charge in [-0.05, 0) is 25.7 Å². The molecule has 166 valence electrons. The van der Waals surface area contributed by atoms with Crippen LogP contribution in [-0.2, 0) is 4.74 Å². The molecule has 0 aromatic carbocycles. The molecule has 3 atom stereocenters. The quantitative estimate of drug-likeness (QED) is 0.399. The molecule has 2 fully saturated rings. The molecule has 30 heavy (non-hydrogen) atoms. The van der Waals surface area contributed by atoms with E-state index in [1.165, 1.54) is 60.6 Å². The fourth-order valence-electron chi connectivity index (χ4n) is 4.10. The molecule has 0 spiro atoms. The van der Waals surface area contributed by atoms with Gasteiger partial charge >= 0.3 is 12.1 Å². The number of carboxylic acid groups (broad SMARTS) is 1. The van der Waals surface area contributed by atoms with Crippen LogP contribution in [0.2, 0.25) is 0 Å². The number of rotatable bonds is 10. The summed E-state index contributed by atoms with van der Waals surface area (Å²) in [4.78, 5) is 28.9. The molecule has 1 aliphatic carbocycles. The summed E-state index contributed by atoms with van der Waals surface area (Å²) >= 11 is 2.72. The van der Waals surface area contributed by atoms with Gasteiger partial charge < -0.3 is 14.9 Å². The molecule has 0 bridgehead atoms. The molecule has 1 aromatic rings. The SMILES string of the molecule is C[C@@H]1OC(=O)N(CCSc2nc(C(=O)O)cs2)[C@H]1/C=C/CC(O)CC1CCCCC1. The lowest BCUT2D eigenvalue weighted by molar-refractivity contribution is 0.0690. The van der Waals surface area contributed by atoms with Crippen molar-refractivity contribution in [1.82, 2.24) is 9.88 Å². The number of thiazole rings is 1. The molecule has 7 nitrogen and oxygen atoms in total. The first-order valence-electron chi connectivity index (χ1n) is 10.6. The number of amides is 1. The number of cyclic esters (lactones) is 1. The number of aromatic nitrogens is 1. The van der Waals surface area contributed by atoms with Gasteiger partial charge in [0.1, 0.15) is 6.10 Å². The summed E-state index contributed by atoms with van der Waals surface area (Å²) in [7, 11) is 0. The van der Waals surface area contributed by atoms with Crippen LogP contribution in [0.5, 0.6) is 0 Å². The number of carbonyl (C=O) groups is 2. The van der Waals surface area contributed by atoms with E-state index >= 15 is 0 Å². The van der Waals surface area contributed by atoms with Gasteiger partial charge in [-0.1, -0.05) is 56.0 Å². The predicted molar refractivity (Wildman–Crippen MR) is 117 cm³/mol. The van der Waals surface area contributed by atoms with Crippen LogP contribution < -0.4 is 0 Å². The topological polar surface area (TPSA) is 100.0 Å². The zero-order valence-electron chi connectivity index (χ0n) is 17.2. The van der Waals surface area contributed by atoms with Crippen LogP contribution >= 0.6 is 23.1 Å². The van der Waals surface area contributed by atoms with E-state index in [0.29, 0.717) is 29.0 Å². The maximum atomic E-state index is 12.2. The third-order valence-electron chi connectivity index (χ3n) is 5.69. The molecule has 1 aliphatic heterocycles. The first kappa shape index (κ1) is 23.1.